The van der Waals surface area contributed by atoms with E-state index in [1.807, 2.05) is 59.5 Å². The molecule has 3 rings (SSSR count). The first-order valence-electron chi connectivity index (χ1n) is 9.21. The van der Waals surface area contributed by atoms with Gasteiger partial charge in [0.15, 0.2) is 0 Å². The van der Waals surface area contributed by atoms with Crippen molar-refractivity contribution in [2.75, 3.05) is 45.9 Å². The van der Waals surface area contributed by atoms with Crippen LogP contribution in [-0.2, 0) is 16.1 Å². The first-order chi connectivity index (χ1) is 13.2. The zero-order chi connectivity index (χ0) is 18.9. The van der Waals surface area contributed by atoms with Gasteiger partial charge in [-0.2, -0.15) is 0 Å². The fourth-order valence-electron chi connectivity index (χ4n) is 2.99. The highest BCUT2D eigenvalue weighted by atomic mass is 35.5. The van der Waals surface area contributed by atoms with E-state index in [0.717, 1.165) is 38.3 Å². The van der Waals surface area contributed by atoms with E-state index in [0.29, 0.717) is 24.0 Å². The van der Waals surface area contributed by atoms with Crippen molar-refractivity contribution in [3.8, 4) is 5.75 Å². The Morgan fingerprint density at radius 3 is 2.41 bits per heavy atom. The summed E-state index contributed by atoms with van der Waals surface area (Å²) in [4.78, 5) is 16.4. The average Bonchev–Trinajstić information content (AvgIpc) is 2.71. The number of halogens is 1. The van der Waals surface area contributed by atoms with Gasteiger partial charge in [-0.3, -0.25) is 9.69 Å². The number of para-hydroxylation sites is 1. The first kappa shape index (κ1) is 19.7. The second-order valence-electron chi connectivity index (χ2n) is 6.48. The fourth-order valence-corrected chi connectivity index (χ4v) is 3.18. The monoisotopic (exact) mass is 388 g/mol. The molecule has 0 radical (unpaired) electrons. The summed E-state index contributed by atoms with van der Waals surface area (Å²) in [5.74, 6) is 0.765. The highest BCUT2D eigenvalue weighted by molar-refractivity contribution is 6.32. The molecule has 1 aliphatic heterocycles. The van der Waals surface area contributed by atoms with E-state index in [9.17, 15) is 4.79 Å². The Bertz CT molecular complexity index is 718. The summed E-state index contributed by atoms with van der Waals surface area (Å²) < 4.78 is 11.3. The van der Waals surface area contributed by atoms with E-state index >= 15 is 0 Å². The lowest BCUT2D eigenvalue weighted by molar-refractivity contribution is -0.138. The Balaban J connectivity index is 1.31. The molecule has 2 aromatic rings. The highest BCUT2D eigenvalue weighted by Crippen LogP contribution is 2.22. The van der Waals surface area contributed by atoms with Crippen LogP contribution in [0.25, 0.3) is 0 Å². The number of carbonyl (C=O) groups is 1. The third kappa shape index (κ3) is 6.24. The predicted molar refractivity (Wildman–Crippen MR) is 106 cm³/mol. The molecule has 1 amide bonds. The Hall–Kier alpha value is -2.08. The summed E-state index contributed by atoms with van der Waals surface area (Å²) in [6, 6.07) is 17.4. The Morgan fingerprint density at radius 1 is 0.963 bits per heavy atom. The normalized spacial score (nSPS) is 14.9. The molecular formula is C21H25ClN2O3. The molecule has 1 fully saturated rings. The van der Waals surface area contributed by atoms with E-state index < -0.39 is 0 Å². The van der Waals surface area contributed by atoms with Crippen molar-refractivity contribution in [3.63, 3.8) is 0 Å². The maximum atomic E-state index is 12.3. The summed E-state index contributed by atoms with van der Waals surface area (Å²) in [7, 11) is 0. The molecule has 0 saturated carbocycles. The third-order valence-corrected chi connectivity index (χ3v) is 4.88. The van der Waals surface area contributed by atoms with Gasteiger partial charge in [-0.15, -0.1) is 0 Å². The van der Waals surface area contributed by atoms with Gasteiger partial charge in [-0.1, -0.05) is 54.1 Å². The number of carbonyl (C=O) groups excluding carboxylic acids is 1. The number of amides is 1. The number of hydrogen-bond donors (Lipinski definition) is 0. The van der Waals surface area contributed by atoms with Gasteiger partial charge in [0.2, 0.25) is 5.91 Å². The highest BCUT2D eigenvalue weighted by Gasteiger charge is 2.20. The molecule has 6 heteroatoms. The summed E-state index contributed by atoms with van der Waals surface area (Å²) in [5, 5.41) is 0.628. The van der Waals surface area contributed by atoms with Gasteiger partial charge >= 0.3 is 0 Å². The Morgan fingerprint density at radius 2 is 1.67 bits per heavy atom. The Kier molecular flexibility index (Phi) is 7.51. The molecule has 0 bridgehead atoms. The van der Waals surface area contributed by atoms with Crippen LogP contribution in [0.3, 0.4) is 0 Å². The molecule has 0 N–H and O–H groups in total. The molecule has 0 aromatic heterocycles. The smallest absolute Gasteiger partial charge is 0.248 e. The molecule has 2 aromatic carbocycles. The zero-order valence-corrected chi connectivity index (χ0v) is 16.1. The number of rotatable bonds is 8. The molecule has 0 unspecified atom stereocenters. The van der Waals surface area contributed by atoms with Gasteiger partial charge in [0.25, 0.3) is 0 Å². The van der Waals surface area contributed by atoms with Crippen molar-refractivity contribution < 1.29 is 14.3 Å². The number of piperazine rings is 1. The van der Waals surface area contributed by atoms with Crippen molar-refractivity contribution in [3.05, 3.63) is 65.2 Å². The van der Waals surface area contributed by atoms with E-state index in [-0.39, 0.29) is 12.5 Å². The van der Waals surface area contributed by atoms with Gasteiger partial charge in [0.05, 0.1) is 11.6 Å². The summed E-state index contributed by atoms with van der Waals surface area (Å²) in [6.07, 6.45) is 0. The van der Waals surface area contributed by atoms with Gasteiger partial charge in [-0.25, -0.2) is 0 Å². The lowest BCUT2D eigenvalue weighted by Crippen LogP contribution is -2.50. The van der Waals surface area contributed by atoms with Crippen LogP contribution in [0.4, 0.5) is 0 Å². The van der Waals surface area contributed by atoms with Crippen LogP contribution in [0.2, 0.25) is 5.02 Å². The van der Waals surface area contributed by atoms with Crippen LogP contribution in [0, 0.1) is 0 Å². The average molecular weight is 389 g/mol. The molecule has 5 nitrogen and oxygen atoms in total. The molecule has 27 heavy (non-hydrogen) atoms. The lowest BCUT2D eigenvalue weighted by Gasteiger charge is -2.34. The number of benzene rings is 2. The molecule has 1 heterocycles. The van der Waals surface area contributed by atoms with Gasteiger partial charge < -0.3 is 14.4 Å². The molecule has 1 aliphatic rings. The van der Waals surface area contributed by atoms with Crippen molar-refractivity contribution in [1.82, 2.24) is 9.80 Å². The molecular weight excluding hydrogens is 364 g/mol. The lowest BCUT2D eigenvalue weighted by atomic mass is 10.2. The van der Waals surface area contributed by atoms with E-state index in [4.69, 9.17) is 21.1 Å². The molecule has 0 aliphatic carbocycles. The maximum absolute atomic E-state index is 12.3. The first-order valence-corrected chi connectivity index (χ1v) is 9.59. The number of nitrogens with zero attached hydrogens (tertiary/aromatic N) is 2. The largest absolute Gasteiger partial charge is 0.491 e. The predicted octanol–water partition coefficient (Wildman–Crippen LogP) is 3.08. The van der Waals surface area contributed by atoms with Crippen LogP contribution in [0.5, 0.6) is 5.75 Å². The van der Waals surface area contributed by atoms with E-state index in [1.165, 1.54) is 0 Å². The summed E-state index contributed by atoms with van der Waals surface area (Å²) >= 11 is 6.09. The minimum Gasteiger partial charge on any atom is -0.491 e. The second-order valence-corrected chi connectivity index (χ2v) is 6.89. The van der Waals surface area contributed by atoms with Crippen molar-refractivity contribution in [2.45, 2.75) is 6.61 Å². The van der Waals surface area contributed by atoms with Crippen molar-refractivity contribution in [1.29, 1.82) is 0 Å². The minimum atomic E-state index is 0.0536. The second kappa shape index (κ2) is 10.3. The van der Waals surface area contributed by atoms with Gasteiger partial charge in [-0.05, 0) is 17.7 Å². The molecule has 1 saturated heterocycles. The number of hydrogen-bond acceptors (Lipinski definition) is 4. The van der Waals surface area contributed by atoms with Crippen LogP contribution in [-0.4, -0.2) is 61.6 Å². The van der Waals surface area contributed by atoms with E-state index in [2.05, 4.69) is 4.90 Å². The van der Waals surface area contributed by atoms with Crippen LogP contribution in [0.1, 0.15) is 5.56 Å². The third-order valence-electron chi connectivity index (χ3n) is 4.56. The van der Waals surface area contributed by atoms with Crippen molar-refractivity contribution >= 4 is 17.5 Å². The maximum Gasteiger partial charge on any atom is 0.248 e. The zero-order valence-electron chi connectivity index (χ0n) is 15.4. The van der Waals surface area contributed by atoms with Gasteiger partial charge in [0.1, 0.15) is 19.0 Å². The fraction of sp³-hybridized carbons (Fsp3) is 0.381. The topological polar surface area (TPSA) is 42.0 Å². The Labute approximate surface area is 165 Å². The summed E-state index contributed by atoms with van der Waals surface area (Å²) in [6.45, 7) is 5.12. The van der Waals surface area contributed by atoms with Crippen LogP contribution in [0.15, 0.2) is 54.6 Å². The summed E-state index contributed by atoms with van der Waals surface area (Å²) in [5.41, 5.74) is 1.08. The standard InChI is InChI=1S/C21H25ClN2O3/c22-19-8-4-5-9-20(19)27-15-14-23-10-12-24(13-11-23)21(25)17-26-16-18-6-2-1-3-7-18/h1-9H,10-17H2. The number of ether oxygens (including phenoxy) is 2. The minimum absolute atomic E-state index is 0.0536. The van der Waals surface area contributed by atoms with Gasteiger partial charge in [0, 0.05) is 32.7 Å². The van der Waals surface area contributed by atoms with Crippen LogP contribution >= 0.6 is 11.6 Å². The van der Waals surface area contributed by atoms with E-state index in [1.54, 1.807) is 0 Å². The quantitative estimate of drug-likeness (QED) is 0.697. The molecule has 144 valence electrons. The molecule has 0 atom stereocenters. The molecule has 0 spiro atoms. The van der Waals surface area contributed by atoms with Crippen molar-refractivity contribution in [2.24, 2.45) is 0 Å². The SMILES string of the molecule is O=C(COCc1ccccc1)N1CCN(CCOc2ccccc2Cl)CC1. The van der Waals surface area contributed by atoms with Crippen LogP contribution < -0.4 is 4.74 Å².